The number of hydrogen-bond donors (Lipinski definition) is 1. The standard InChI is InChI=1S/C14H22N2O2S/c1-6-11-15-8-9(19-11)12(17)16-10-7-14(4,18-5)13(10,2)3/h8,10H,6-7H2,1-5H3,(H,16,17). The van der Waals surface area contributed by atoms with Gasteiger partial charge in [-0.05, 0) is 19.8 Å². The number of aromatic nitrogens is 1. The van der Waals surface area contributed by atoms with Crippen LogP contribution in [0.5, 0.6) is 0 Å². The monoisotopic (exact) mass is 282 g/mol. The molecule has 2 unspecified atom stereocenters. The Kier molecular flexibility index (Phi) is 3.71. The summed E-state index contributed by atoms with van der Waals surface area (Å²) in [5, 5.41) is 4.10. The third kappa shape index (κ3) is 2.30. The van der Waals surface area contributed by atoms with Crippen LogP contribution < -0.4 is 5.32 Å². The van der Waals surface area contributed by atoms with Gasteiger partial charge in [0.15, 0.2) is 0 Å². The Balaban J connectivity index is 2.01. The summed E-state index contributed by atoms with van der Waals surface area (Å²) in [6.07, 6.45) is 3.39. The maximum Gasteiger partial charge on any atom is 0.263 e. The Bertz CT molecular complexity index is 484. The molecular formula is C14H22N2O2S. The molecule has 1 saturated carbocycles. The molecule has 1 N–H and O–H groups in total. The number of nitrogens with one attached hydrogen (secondary N) is 1. The lowest BCUT2D eigenvalue weighted by atomic mass is 9.56. The lowest BCUT2D eigenvalue weighted by Crippen LogP contribution is -2.68. The van der Waals surface area contributed by atoms with Crippen molar-refractivity contribution >= 4 is 17.2 Å². The highest BCUT2D eigenvalue weighted by Gasteiger charge is 2.58. The van der Waals surface area contributed by atoms with Crippen molar-refractivity contribution in [2.24, 2.45) is 5.41 Å². The third-order valence-corrected chi connectivity index (χ3v) is 5.80. The lowest BCUT2D eigenvalue weighted by Gasteiger charge is -2.59. The maximum absolute atomic E-state index is 12.2. The van der Waals surface area contributed by atoms with Gasteiger partial charge < -0.3 is 10.1 Å². The molecule has 1 aliphatic rings. The first-order chi connectivity index (χ1) is 8.84. The number of thiazole rings is 1. The summed E-state index contributed by atoms with van der Waals surface area (Å²) in [7, 11) is 1.73. The van der Waals surface area contributed by atoms with Crippen molar-refractivity contribution in [2.75, 3.05) is 7.11 Å². The van der Waals surface area contributed by atoms with Crippen molar-refractivity contribution in [1.82, 2.24) is 10.3 Å². The van der Waals surface area contributed by atoms with E-state index in [0.29, 0.717) is 4.88 Å². The first-order valence-electron chi connectivity index (χ1n) is 6.65. The Morgan fingerprint density at radius 1 is 1.58 bits per heavy atom. The van der Waals surface area contributed by atoms with Crippen LogP contribution in [0.2, 0.25) is 0 Å². The number of rotatable bonds is 4. The summed E-state index contributed by atoms with van der Waals surface area (Å²) in [4.78, 5) is 17.1. The number of aryl methyl sites for hydroxylation is 1. The molecule has 19 heavy (non-hydrogen) atoms. The van der Waals surface area contributed by atoms with E-state index in [1.807, 2.05) is 6.92 Å². The molecule has 2 atom stereocenters. The molecule has 1 aromatic heterocycles. The van der Waals surface area contributed by atoms with Crippen molar-refractivity contribution in [3.05, 3.63) is 16.1 Å². The van der Waals surface area contributed by atoms with Gasteiger partial charge in [-0.2, -0.15) is 0 Å². The van der Waals surface area contributed by atoms with Crippen molar-refractivity contribution in [1.29, 1.82) is 0 Å². The van der Waals surface area contributed by atoms with E-state index in [4.69, 9.17) is 4.74 Å². The van der Waals surface area contributed by atoms with Crippen LogP contribution in [0, 0.1) is 5.41 Å². The SMILES string of the molecule is CCc1ncc(C(=O)NC2CC(C)(OC)C2(C)C)s1. The molecule has 0 saturated heterocycles. The van der Waals surface area contributed by atoms with E-state index in [9.17, 15) is 4.79 Å². The van der Waals surface area contributed by atoms with Gasteiger partial charge in [0.25, 0.3) is 5.91 Å². The second-order valence-electron chi connectivity index (χ2n) is 5.86. The normalized spacial score (nSPS) is 28.8. The average Bonchev–Trinajstić information content (AvgIpc) is 2.86. The number of carbonyl (C=O) groups excluding carboxylic acids is 1. The fourth-order valence-corrected chi connectivity index (χ4v) is 3.29. The Morgan fingerprint density at radius 3 is 2.74 bits per heavy atom. The molecule has 1 amide bonds. The average molecular weight is 282 g/mol. The molecule has 1 aliphatic carbocycles. The van der Waals surface area contributed by atoms with Crippen LogP contribution in [0.3, 0.4) is 0 Å². The zero-order valence-corrected chi connectivity index (χ0v) is 13.1. The van der Waals surface area contributed by atoms with E-state index in [2.05, 4.69) is 31.1 Å². The van der Waals surface area contributed by atoms with Gasteiger partial charge in [0.05, 0.1) is 16.8 Å². The minimum absolute atomic E-state index is 0.0200. The number of methoxy groups -OCH3 is 1. The Labute approximate surface area is 118 Å². The van der Waals surface area contributed by atoms with Gasteiger partial charge in [0.1, 0.15) is 4.88 Å². The third-order valence-electron chi connectivity index (χ3n) is 4.66. The Hall–Kier alpha value is -0.940. The first kappa shape index (κ1) is 14.5. The zero-order valence-electron chi connectivity index (χ0n) is 12.2. The highest BCUT2D eigenvalue weighted by molar-refractivity contribution is 7.13. The molecule has 5 heteroatoms. The van der Waals surface area contributed by atoms with E-state index in [1.54, 1.807) is 13.3 Å². The van der Waals surface area contributed by atoms with Gasteiger partial charge in [0, 0.05) is 18.6 Å². The molecule has 0 spiro atoms. The second kappa shape index (κ2) is 4.87. The molecule has 1 aromatic rings. The van der Waals surface area contributed by atoms with Gasteiger partial charge in [-0.3, -0.25) is 4.79 Å². The fourth-order valence-electron chi connectivity index (χ4n) is 2.53. The number of hydrogen-bond acceptors (Lipinski definition) is 4. The van der Waals surface area contributed by atoms with E-state index in [1.165, 1.54) is 11.3 Å². The summed E-state index contributed by atoms with van der Waals surface area (Å²) < 4.78 is 5.57. The van der Waals surface area contributed by atoms with Gasteiger partial charge in [-0.15, -0.1) is 11.3 Å². The summed E-state index contributed by atoms with van der Waals surface area (Å²) in [5.74, 6) is -0.0200. The minimum atomic E-state index is -0.159. The van der Waals surface area contributed by atoms with Crippen LogP contribution in [0.1, 0.15) is 48.8 Å². The van der Waals surface area contributed by atoms with Crippen molar-refractivity contribution in [3.8, 4) is 0 Å². The van der Waals surface area contributed by atoms with Crippen LogP contribution in [-0.4, -0.2) is 29.6 Å². The van der Waals surface area contributed by atoms with Gasteiger partial charge in [-0.1, -0.05) is 20.8 Å². The predicted molar refractivity (Wildman–Crippen MR) is 76.6 cm³/mol. The fraction of sp³-hybridized carbons (Fsp3) is 0.714. The van der Waals surface area contributed by atoms with E-state index in [0.717, 1.165) is 17.8 Å². The molecule has 2 rings (SSSR count). The number of carbonyl (C=O) groups is 1. The molecular weight excluding hydrogens is 260 g/mol. The molecule has 0 aliphatic heterocycles. The van der Waals surface area contributed by atoms with Crippen LogP contribution in [0.25, 0.3) is 0 Å². The van der Waals surface area contributed by atoms with E-state index in [-0.39, 0.29) is 23.0 Å². The molecule has 4 nitrogen and oxygen atoms in total. The van der Waals surface area contributed by atoms with Gasteiger partial charge in [0.2, 0.25) is 0 Å². The van der Waals surface area contributed by atoms with Crippen LogP contribution in [0.15, 0.2) is 6.20 Å². The number of amides is 1. The zero-order chi connectivity index (χ0) is 14.3. The highest BCUT2D eigenvalue weighted by atomic mass is 32.1. The topological polar surface area (TPSA) is 51.2 Å². The molecule has 0 bridgehead atoms. The second-order valence-corrected chi connectivity index (χ2v) is 6.97. The Morgan fingerprint density at radius 2 is 2.26 bits per heavy atom. The first-order valence-corrected chi connectivity index (χ1v) is 7.46. The number of nitrogens with zero attached hydrogens (tertiary/aromatic N) is 1. The summed E-state index contributed by atoms with van der Waals surface area (Å²) in [5.41, 5.74) is -0.219. The van der Waals surface area contributed by atoms with Crippen LogP contribution >= 0.6 is 11.3 Å². The molecule has 1 heterocycles. The highest BCUT2D eigenvalue weighted by Crippen LogP contribution is 2.51. The smallest absolute Gasteiger partial charge is 0.263 e. The molecule has 1 fully saturated rings. The van der Waals surface area contributed by atoms with E-state index >= 15 is 0 Å². The summed E-state index contributed by atoms with van der Waals surface area (Å²) in [6, 6.07) is 0.150. The van der Waals surface area contributed by atoms with Gasteiger partial charge >= 0.3 is 0 Å². The largest absolute Gasteiger partial charge is 0.378 e. The van der Waals surface area contributed by atoms with Crippen molar-refractivity contribution in [3.63, 3.8) is 0 Å². The minimum Gasteiger partial charge on any atom is -0.378 e. The quantitative estimate of drug-likeness (QED) is 0.923. The molecule has 106 valence electrons. The van der Waals surface area contributed by atoms with Crippen molar-refractivity contribution < 1.29 is 9.53 Å². The van der Waals surface area contributed by atoms with E-state index < -0.39 is 0 Å². The van der Waals surface area contributed by atoms with Crippen LogP contribution in [0.4, 0.5) is 0 Å². The maximum atomic E-state index is 12.2. The number of ether oxygens (including phenoxy) is 1. The summed E-state index contributed by atoms with van der Waals surface area (Å²) >= 11 is 1.47. The van der Waals surface area contributed by atoms with Crippen molar-refractivity contribution in [2.45, 2.75) is 52.2 Å². The van der Waals surface area contributed by atoms with Crippen LogP contribution in [-0.2, 0) is 11.2 Å². The lowest BCUT2D eigenvalue weighted by molar-refractivity contribution is -0.177. The predicted octanol–water partition coefficient (Wildman–Crippen LogP) is 2.64. The molecule has 0 aromatic carbocycles. The summed E-state index contributed by atoms with van der Waals surface area (Å²) in [6.45, 7) is 8.40. The molecule has 0 radical (unpaired) electrons. The van der Waals surface area contributed by atoms with Gasteiger partial charge in [-0.25, -0.2) is 4.98 Å².